The van der Waals surface area contributed by atoms with Crippen molar-refractivity contribution in [2.45, 2.75) is 88.3 Å². The van der Waals surface area contributed by atoms with E-state index in [1.165, 1.54) is 25.7 Å². The molecular formula is C15H29NOS. The third-order valence-corrected chi connectivity index (χ3v) is 5.66. The third kappa shape index (κ3) is 3.23. The first kappa shape index (κ1) is 14.7. The summed E-state index contributed by atoms with van der Waals surface area (Å²) in [6.45, 7) is 8.89. The summed E-state index contributed by atoms with van der Waals surface area (Å²) in [7, 11) is 0. The average Bonchev–Trinajstić information content (AvgIpc) is 2.47. The monoisotopic (exact) mass is 271 g/mol. The van der Waals surface area contributed by atoms with Crippen LogP contribution in [0.2, 0.25) is 0 Å². The minimum Gasteiger partial charge on any atom is -0.368 e. The van der Waals surface area contributed by atoms with E-state index in [9.17, 15) is 0 Å². The second-order valence-electron chi connectivity index (χ2n) is 7.05. The van der Waals surface area contributed by atoms with Gasteiger partial charge in [-0.25, -0.2) is 0 Å². The van der Waals surface area contributed by atoms with E-state index in [1.54, 1.807) is 0 Å². The Morgan fingerprint density at radius 1 is 1.11 bits per heavy atom. The molecule has 2 fully saturated rings. The summed E-state index contributed by atoms with van der Waals surface area (Å²) in [5.41, 5.74) is -0.0193. The van der Waals surface area contributed by atoms with Crippen molar-refractivity contribution in [1.82, 2.24) is 5.32 Å². The summed E-state index contributed by atoms with van der Waals surface area (Å²) < 4.78 is 6.19. The van der Waals surface area contributed by atoms with E-state index in [4.69, 9.17) is 4.74 Å². The highest BCUT2D eigenvalue weighted by Crippen LogP contribution is 2.38. The van der Waals surface area contributed by atoms with Gasteiger partial charge in [-0.15, -0.1) is 0 Å². The molecule has 1 saturated carbocycles. The van der Waals surface area contributed by atoms with Crippen LogP contribution in [0.15, 0.2) is 0 Å². The van der Waals surface area contributed by atoms with E-state index in [-0.39, 0.29) is 11.2 Å². The molecule has 106 valence electrons. The van der Waals surface area contributed by atoms with Gasteiger partial charge in [0.2, 0.25) is 0 Å². The van der Waals surface area contributed by atoms with Gasteiger partial charge in [-0.05, 0) is 53.2 Å². The molecular weight excluding hydrogens is 242 g/mol. The fraction of sp³-hybridized carbons (Fsp3) is 1.00. The van der Waals surface area contributed by atoms with Crippen molar-refractivity contribution in [3.8, 4) is 0 Å². The topological polar surface area (TPSA) is 21.3 Å². The molecule has 2 nitrogen and oxygen atoms in total. The zero-order chi connectivity index (χ0) is 13.4. The van der Waals surface area contributed by atoms with Crippen molar-refractivity contribution in [3.05, 3.63) is 0 Å². The van der Waals surface area contributed by atoms with E-state index in [1.807, 2.05) is 11.8 Å². The van der Waals surface area contributed by atoms with Crippen LogP contribution in [-0.2, 0) is 4.74 Å². The number of rotatable bonds is 3. The van der Waals surface area contributed by atoms with Gasteiger partial charge in [0.1, 0.15) is 0 Å². The Kier molecular flexibility index (Phi) is 4.35. The summed E-state index contributed by atoms with van der Waals surface area (Å²) in [5.74, 6) is 0. The molecule has 1 saturated heterocycles. The van der Waals surface area contributed by atoms with Crippen molar-refractivity contribution in [3.63, 3.8) is 0 Å². The lowest BCUT2D eigenvalue weighted by Gasteiger charge is -2.36. The summed E-state index contributed by atoms with van der Waals surface area (Å²) in [5, 5.41) is 4.71. The zero-order valence-electron chi connectivity index (χ0n) is 12.6. The van der Waals surface area contributed by atoms with Crippen LogP contribution in [0.5, 0.6) is 0 Å². The second-order valence-corrected chi connectivity index (χ2v) is 8.13. The minimum atomic E-state index is -0.0378. The molecule has 0 aromatic carbocycles. The molecule has 3 unspecified atom stereocenters. The molecule has 3 atom stereocenters. The lowest BCUT2D eigenvalue weighted by Crippen LogP contribution is -2.52. The molecule has 1 aliphatic heterocycles. The molecule has 0 bridgehead atoms. The van der Waals surface area contributed by atoms with Crippen LogP contribution in [0.1, 0.15) is 59.8 Å². The normalized spacial score (nSPS) is 38.8. The summed E-state index contributed by atoms with van der Waals surface area (Å²) in [6.07, 6.45) is 8.86. The standard InChI is InChI=1S/C15H29NOS/c1-14(2)10-13(15(3,4)17-14)16-11-8-6-7-9-12(11)18-5/h11-13,16H,6-10H2,1-5H3. The van der Waals surface area contributed by atoms with Gasteiger partial charge in [0.15, 0.2) is 0 Å². The fourth-order valence-corrected chi connectivity index (χ4v) is 4.60. The van der Waals surface area contributed by atoms with Crippen LogP contribution in [0.25, 0.3) is 0 Å². The summed E-state index contributed by atoms with van der Waals surface area (Å²) in [6, 6.07) is 1.17. The van der Waals surface area contributed by atoms with Gasteiger partial charge < -0.3 is 10.1 Å². The molecule has 1 aliphatic carbocycles. The van der Waals surface area contributed by atoms with Gasteiger partial charge in [-0.3, -0.25) is 0 Å². The van der Waals surface area contributed by atoms with E-state index in [2.05, 4.69) is 39.3 Å². The fourth-order valence-electron chi connectivity index (χ4n) is 3.65. The number of hydrogen-bond acceptors (Lipinski definition) is 3. The van der Waals surface area contributed by atoms with Gasteiger partial charge >= 0.3 is 0 Å². The van der Waals surface area contributed by atoms with Gasteiger partial charge in [0.05, 0.1) is 11.2 Å². The van der Waals surface area contributed by atoms with Crippen LogP contribution in [-0.4, -0.2) is 34.8 Å². The predicted octanol–water partition coefficient (Wildman–Crippen LogP) is 3.60. The second kappa shape index (κ2) is 5.34. The Bertz CT molecular complexity index is 290. The molecule has 2 aliphatic rings. The smallest absolute Gasteiger partial charge is 0.0787 e. The Morgan fingerprint density at radius 3 is 2.33 bits per heavy atom. The van der Waals surface area contributed by atoms with Gasteiger partial charge in [-0.1, -0.05) is 12.8 Å². The average molecular weight is 271 g/mol. The van der Waals surface area contributed by atoms with Crippen molar-refractivity contribution >= 4 is 11.8 Å². The Morgan fingerprint density at radius 2 is 1.78 bits per heavy atom. The molecule has 0 aromatic heterocycles. The van der Waals surface area contributed by atoms with Crippen LogP contribution >= 0.6 is 11.8 Å². The first-order chi connectivity index (χ1) is 8.34. The van der Waals surface area contributed by atoms with Crippen molar-refractivity contribution in [1.29, 1.82) is 0 Å². The van der Waals surface area contributed by atoms with Crippen LogP contribution in [0.4, 0.5) is 0 Å². The third-order valence-electron chi connectivity index (χ3n) is 4.49. The number of nitrogens with one attached hydrogen (secondary N) is 1. The van der Waals surface area contributed by atoms with Gasteiger partial charge in [-0.2, -0.15) is 11.8 Å². The molecule has 0 radical (unpaired) electrons. The number of ether oxygens (including phenoxy) is 1. The zero-order valence-corrected chi connectivity index (χ0v) is 13.4. The van der Waals surface area contributed by atoms with Gasteiger partial charge in [0.25, 0.3) is 0 Å². The molecule has 0 amide bonds. The summed E-state index contributed by atoms with van der Waals surface area (Å²) >= 11 is 2.03. The van der Waals surface area contributed by atoms with E-state index < -0.39 is 0 Å². The van der Waals surface area contributed by atoms with Crippen LogP contribution in [0, 0.1) is 0 Å². The Balaban J connectivity index is 2.00. The molecule has 1 heterocycles. The van der Waals surface area contributed by atoms with Crippen molar-refractivity contribution < 1.29 is 4.74 Å². The Labute approximate surface area is 117 Å². The number of hydrogen-bond donors (Lipinski definition) is 1. The molecule has 3 heteroatoms. The quantitative estimate of drug-likeness (QED) is 0.847. The van der Waals surface area contributed by atoms with E-state index in [0.717, 1.165) is 11.7 Å². The minimum absolute atomic E-state index is 0.0185. The maximum atomic E-state index is 6.19. The maximum absolute atomic E-state index is 6.19. The largest absolute Gasteiger partial charge is 0.368 e. The molecule has 0 aromatic rings. The Hall–Kier alpha value is 0.270. The highest BCUT2D eigenvalue weighted by Gasteiger charge is 2.46. The van der Waals surface area contributed by atoms with Crippen molar-refractivity contribution in [2.24, 2.45) is 0 Å². The molecule has 0 spiro atoms. The maximum Gasteiger partial charge on any atom is 0.0787 e. The summed E-state index contributed by atoms with van der Waals surface area (Å²) in [4.78, 5) is 0. The molecule has 18 heavy (non-hydrogen) atoms. The van der Waals surface area contributed by atoms with Crippen LogP contribution in [0.3, 0.4) is 0 Å². The van der Waals surface area contributed by atoms with E-state index in [0.29, 0.717) is 12.1 Å². The van der Waals surface area contributed by atoms with E-state index >= 15 is 0 Å². The first-order valence-electron chi connectivity index (χ1n) is 7.33. The highest BCUT2D eigenvalue weighted by atomic mass is 32.2. The highest BCUT2D eigenvalue weighted by molar-refractivity contribution is 7.99. The number of thioether (sulfide) groups is 1. The molecule has 1 N–H and O–H groups in total. The lowest BCUT2D eigenvalue weighted by molar-refractivity contribution is -0.0706. The lowest BCUT2D eigenvalue weighted by atomic mass is 9.89. The molecule has 2 rings (SSSR count). The predicted molar refractivity (Wildman–Crippen MR) is 80.3 cm³/mol. The van der Waals surface area contributed by atoms with Gasteiger partial charge in [0, 0.05) is 17.3 Å². The first-order valence-corrected chi connectivity index (χ1v) is 8.62. The SMILES string of the molecule is CSC1CCCCC1NC1CC(C)(C)OC1(C)C. The van der Waals surface area contributed by atoms with Crippen LogP contribution < -0.4 is 5.32 Å². The van der Waals surface area contributed by atoms with Crippen molar-refractivity contribution in [2.75, 3.05) is 6.26 Å².